The smallest absolute Gasteiger partial charge is 0.304 e. The first-order chi connectivity index (χ1) is 6.24. The van der Waals surface area contributed by atoms with E-state index in [1.807, 2.05) is 0 Å². The maximum atomic E-state index is 11.0. The summed E-state index contributed by atoms with van der Waals surface area (Å²) in [6.45, 7) is 6.31. The molecule has 1 rings (SSSR count). The quantitative estimate of drug-likeness (QED) is 0.720. The van der Waals surface area contributed by atoms with Crippen molar-refractivity contribution in [1.29, 1.82) is 0 Å². The summed E-state index contributed by atoms with van der Waals surface area (Å²) in [5.41, 5.74) is 0.540. The summed E-state index contributed by atoms with van der Waals surface area (Å²) in [5, 5.41) is 3.00. The van der Waals surface area contributed by atoms with Gasteiger partial charge in [-0.25, -0.2) is 6.57 Å². The van der Waals surface area contributed by atoms with Crippen LogP contribution in [0.4, 0.5) is 5.69 Å². The number of halogens is 1. The van der Waals surface area contributed by atoms with Crippen molar-refractivity contribution in [2.75, 3.05) is 11.9 Å². The minimum Gasteiger partial charge on any atom is -0.318 e. The summed E-state index contributed by atoms with van der Waals surface area (Å²) in [5.74, 6) is -0.344. The zero-order valence-corrected chi connectivity index (χ0v) is 7.51. The molecule has 13 heavy (non-hydrogen) atoms. The highest BCUT2D eigenvalue weighted by atomic mass is 35.5. The average Bonchev–Trinajstić information content (AvgIpc) is 2.09. The van der Waals surface area contributed by atoms with Crippen molar-refractivity contribution in [3.05, 3.63) is 40.7 Å². The van der Waals surface area contributed by atoms with Gasteiger partial charge in [0.15, 0.2) is 0 Å². The van der Waals surface area contributed by atoms with Crippen molar-refractivity contribution in [3.63, 3.8) is 0 Å². The van der Waals surface area contributed by atoms with Crippen molar-refractivity contribution in [1.82, 2.24) is 0 Å². The molecule has 0 radical (unpaired) electrons. The molecule has 66 valence electrons. The summed E-state index contributed by atoms with van der Waals surface area (Å²) in [6.07, 6.45) is 0. The highest BCUT2D eigenvalue weighted by Crippen LogP contribution is 2.19. The highest BCUT2D eigenvalue weighted by molar-refractivity contribution is 6.33. The standard InChI is InChI=1S/C9H7ClN2O/c1-11-6-9(13)12-8-5-3-2-4-7(8)10/h2-5H,6H2,(H,12,13). The van der Waals surface area contributed by atoms with E-state index in [0.717, 1.165) is 0 Å². The van der Waals surface area contributed by atoms with Gasteiger partial charge in [0.25, 0.3) is 6.54 Å². The van der Waals surface area contributed by atoms with Gasteiger partial charge >= 0.3 is 5.91 Å². The van der Waals surface area contributed by atoms with E-state index in [1.54, 1.807) is 24.3 Å². The van der Waals surface area contributed by atoms with Gasteiger partial charge in [-0.2, -0.15) is 0 Å². The lowest BCUT2D eigenvalue weighted by atomic mass is 10.3. The van der Waals surface area contributed by atoms with Gasteiger partial charge in [-0.05, 0) is 12.1 Å². The fourth-order valence-electron chi connectivity index (χ4n) is 0.824. The van der Waals surface area contributed by atoms with E-state index < -0.39 is 0 Å². The molecule has 0 atom stereocenters. The molecule has 3 nitrogen and oxygen atoms in total. The molecule has 1 amide bonds. The van der Waals surface area contributed by atoms with Crippen molar-refractivity contribution in [3.8, 4) is 0 Å². The van der Waals surface area contributed by atoms with Crippen LogP contribution in [0.5, 0.6) is 0 Å². The molecule has 1 aromatic carbocycles. The first-order valence-electron chi connectivity index (χ1n) is 3.61. The second-order valence-electron chi connectivity index (χ2n) is 2.34. The third-order valence-corrected chi connectivity index (χ3v) is 1.70. The maximum absolute atomic E-state index is 11.0. The number of para-hydroxylation sites is 1. The zero-order valence-electron chi connectivity index (χ0n) is 6.75. The van der Waals surface area contributed by atoms with Gasteiger partial charge < -0.3 is 10.2 Å². The van der Waals surface area contributed by atoms with Crippen LogP contribution >= 0.6 is 11.6 Å². The molecule has 1 aromatic rings. The molecular weight excluding hydrogens is 188 g/mol. The van der Waals surface area contributed by atoms with Crippen LogP contribution in [-0.2, 0) is 4.79 Å². The third-order valence-electron chi connectivity index (χ3n) is 1.37. The Labute approximate surface area is 81.1 Å². The molecule has 0 spiro atoms. The number of carbonyl (C=O) groups excluding carboxylic acids is 1. The molecule has 0 heterocycles. The SMILES string of the molecule is [C-]#[N+]CC(=O)Nc1ccccc1Cl. The first kappa shape index (κ1) is 9.56. The van der Waals surface area contributed by atoms with E-state index in [4.69, 9.17) is 18.2 Å². The number of nitrogens with one attached hydrogen (secondary N) is 1. The van der Waals surface area contributed by atoms with Crippen molar-refractivity contribution in [2.45, 2.75) is 0 Å². The Morgan fingerprint density at radius 3 is 2.85 bits per heavy atom. The predicted molar refractivity (Wildman–Crippen MR) is 51.6 cm³/mol. The summed E-state index contributed by atoms with van der Waals surface area (Å²) in [6, 6.07) is 6.89. The molecule has 0 aliphatic rings. The van der Waals surface area contributed by atoms with Gasteiger partial charge in [-0.15, -0.1) is 0 Å². The van der Waals surface area contributed by atoms with E-state index in [0.29, 0.717) is 10.7 Å². The Balaban J connectivity index is 2.70. The van der Waals surface area contributed by atoms with Crippen molar-refractivity contribution < 1.29 is 4.79 Å². The largest absolute Gasteiger partial charge is 0.318 e. The van der Waals surface area contributed by atoms with Crippen LogP contribution in [0.2, 0.25) is 5.02 Å². The topological polar surface area (TPSA) is 33.5 Å². The summed E-state index contributed by atoms with van der Waals surface area (Å²) < 4.78 is 0. The van der Waals surface area contributed by atoms with Gasteiger partial charge in [0.05, 0.1) is 10.7 Å². The van der Waals surface area contributed by atoms with Crippen LogP contribution in [0, 0.1) is 6.57 Å². The summed E-state index contributed by atoms with van der Waals surface area (Å²) >= 11 is 5.78. The summed E-state index contributed by atoms with van der Waals surface area (Å²) in [7, 11) is 0. The van der Waals surface area contributed by atoms with E-state index in [-0.39, 0.29) is 12.5 Å². The van der Waals surface area contributed by atoms with E-state index >= 15 is 0 Å². The predicted octanol–water partition coefficient (Wildman–Crippen LogP) is 2.20. The molecule has 0 aliphatic heterocycles. The van der Waals surface area contributed by atoms with Gasteiger partial charge in [-0.3, -0.25) is 4.79 Å². The number of anilines is 1. The van der Waals surface area contributed by atoms with Gasteiger partial charge in [0, 0.05) is 0 Å². The Morgan fingerprint density at radius 2 is 2.23 bits per heavy atom. The lowest BCUT2D eigenvalue weighted by molar-refractivity contribution is -0.114. The second-order valence-corrected chi connectivity index (χ2v) is 2.75. The molecule has 0 aliphatic carbocycles. The Bertz CT molecular complexity index is 357. The van der Waals surface area contributed by atoms with Crippen molar-refractivity contribution >= 4 is 23.2 Å². The fraction of sp³-hybridized carbons (Fsp3) is 0.111. The fourth-order valence-corrected chi connectivity index (χ4v) is 1.01. The molecule has 0 fully saturated rings. The monoisotopic (exact) mass is 194 g/mol. The lowest BCUT2D eigenvalue weighted by Crippen LogP contribution is -2.13. The number of amides is 1. The van der Waals surface area contributed by atoms with Crippen LogP contribution in [0.15, 0.2) is 24.3 Å². The van der Waals surface area contributed by atoms with E-state index in [9.17, 15) is 4.79 Å². The van der Waals surface area contributed by atoms with Crippen LogP contribution in [-0.4, -0.2) is 12.5 Å². The molecule has 0 saturated carbocycles. The maximum Gasteiger partial charge on any atom is 0.304 e. The van der Waals surface area contributed by atoms with Gasteiger partial charge in [0.1, 0.15) is 0 Å². The highest BCUT2D eigenvalue weighted by Gasteiger charge is 2.05. The normalized spacial score (nSPS) is 8.92. The van der Waals surface area contributed by atoms with E-state index in [1.165, 1.54) is 0 Å². The molecule has 1 N–H and O–H groups in total. The Morgan fingerprint density at radius 1 is 1.54 bits per heavy atom. The summed E-state index contributed by atoms with van der Waals surface area (Å²) in [4.78, 5) is 13.9. The molecule has 0 aromatic heterocycles. The van der Waals surface area contributed by atoms with Crippen molar-refractivity contribution in [2.24, 2.45) is 0 Å². The molecule has 0 bridgehead atoms. The van der Waals surface area contributed by atoms with Crippen LogP contribution in [0.3, 0.4) is 0 Å². The zero-order chi connectivity index (χ0) is 9.68. The van der Waals surface area contributed by atoms with E-state index in [2.05, 4.69) is 10.2 Å². The Kier molecular flexibility index (Phi) is 3.30. The molecule has 0 saturated heterocycles. The lowest BCUT2D eigenvalue weighted by Gasteiger charge is -2.02. The minimum atomic E-state index is -0.344. The molecule has 4 heteroatoms. The molecular formula is C9H7ClN2O. The number of hydrogen-bond donors (Lipinski definition) is 1. The Hall–Kier alpha value is -1.53. The first-order valence-corrected chi connectivity index (χ1v) is 3.99. The average molecular weight is 195 g/mol. The number of benzene rings is 1. The number of carbonyl (C=O) groups is 1. The van der Waals surface area contributed by atoms with Crippen LogP contribution in [0.25, 0.3) is 4.85 Å². The van der Waals surface area contributed by atoms with Crippen LogP contribution < -0.4 is 5.32 Å². The number of hydrogen-bond acceptors (Lipinski definition) is 1. The third kappa shape index (κ3) is 2.77. The molecule has 0 unspecified atom stereocenters. The second kappa shape index (κ2) is 4.48. The van der Waals surface area contributed by atoms with Gasteiger partial charge in [-0.1, -0.05) is 23.7 Å². The number of rotatable bonds is 2. The van der Waals surface area contributed by atoms with Crippen LogP contribution in [0.1, 0.15) is 0 Å². The number of nitrogens with zero attached hydrogens (tertiary/aromatic N) is 1. The minimum absolute atomic E-state index is 0.175. The van der Waals surface area contributed by atoms with Gasteiger partial charge in [0.2, 0.25) is 0 Å².